The predicted molar refractivity (Wildman–Crippen MR) is 68.3 cm³/mol. The molecule has 1 aromatic heterocycles. The first-order valence-corrected chi connectivity index (χ1v) is 6.84. The lowest BCUT2D eigenvalue weighted by Crippen LogP contribution is -2.18. The van der Waals surface area contributed by atoms with Crippen LogP contribution in [0, 0.1) is 0 Å². The van der Waals surface area contributed by atoms with Crippen LogP contribution in [0.15, 0.2) is 34.8 Å². The van der Waals surface area contributed by atoms with Crippen molar-refractivity contribution in [2.24, 2.45) is 0 Å². The van der Waals surface area contributed by atoms with Gasteiger partial charge in [-0.15, -0.1) is 0 Å². The van der Waals surface area contributed by atoms with E-state index in [-0.39, 0.29) is 5.82 Å². The molecule has 0 unspecified atom stereocenters. The highest BCUT2D eigenvalue weighted by atomic mass is 79.9. The Balaban J connectivity index is 2.55. The molecule has 0 saturated heterocycles. The third-order valence-corrected chi connectivity index (χ3v) is 3.23. The molecule has 0 bridgehead atoms. The summed E-state index contributed by atoms with van der Waals surface area (Å²) in [6.45, 7) is 0. The van der Waals surface area contributed by atoms with E-state index in [2.05, 4.69) is 25.9 Å². The summed E-state index contributed by atoms with van der Waals surface area (Å²) in [5.74, 6) is 0.108. The van der Waals surface area contributed by atoms with Gasteiger partial charge in [0.2, 0.25) is 0 Å². The fourth-order valence-corrected chi connectivity index (χ4v) is 2.35. The second-order valence-electron chi connectivity index (χ2n) is 3.73. The first-order chi connectivity index (χ1) is 8.36. The van der Waals surface area contributed by atoms with E-state index in [1.54, 1.807) is 24.3 Å². The maximum Gasteiger partial charge on any atom is 0.433 e. The average molecular weight is 331 g/mol. The Kier molecular flexibility index (Phi) is 3.76. The zero-order chi connectivity index (χ0) is 13.3. The van der Waals surface area contributed by atoms with Gasteiger partial charge in [-0.2, -0.15) is 13.2 Å². The van der Waals surface area contributed by atoms with E-state index in [0.29, 0.717) is 26.4 Å². The first kappa shape index (κ1) is 13.5. The average Bonchev–Trinajstić information content (AvgIpc) is 2.27. The molecular weight excluding hydrogens is 324 g/mol. The van der Waals surface area contributed by atoms with Gasteiger partial charge in [-0.25, -0.2) is 4.98 Å². The Morgan fingerprint density at radius 3 is 2.44 bits per heavy atom. The summed E-state index contributed by atoms with van der Waals surface area (Å²) in [5.41, 5.74) is -0.329. The number of nitrogens with zero attached hydrogens (tertiary/aromatic N) is 2. The maximum atomic E-state index is 12.7. The second-order valence-corrected chi connectivity index (χ2v) is 5.67. The van der Waals surface area contributed by atoms with Crippen molar-refractivity contribution in [1.29, 1.82) is 0 Å². The van der Waals surface area contributed by atoms with E-state index in [4.69, 9.17) is 0 Å². The van der Waals surface area contributed by atoms with Crippen LogP contribution in [-0.4, -0.2) is 26.3 Å². The normalized spacial score (nSPS) is 11.6. The van der Waals surface area contributed by atoms with Crippen LogP contribution in [0.2, 0.25) is 0 Å². The van der Waals surface area contributed by atoms with Crippen molar-refractivity contribution in [2.75, 3.05) is 0 Å². The van der Waals surface area contributed by atoms with Crippen LogP contribution in [0.25, 0.3) is 11.4 Å². The van der Waals surface area contributed by atoms with Crippen LogP contribution in [0.5, 0.6) is 0 Å². The predicted octanol–water partition coefficient (Wildman–Crippen LogP) is 2.18. The topological polar surface area (TPSA) is 25.8 Å². The number of benzene rings is 1. The molecule has 18 heavy (non-hydrogen) atoms. The van der Waals surface area contributed by atoms with E-state index in [1.807, 2.05) is 0 Å². The molecule has 0 aliphatic rings. The van der Waals surface area contributed by atoms with Crippen LogP contribution in [-0.2, 0) is 6.18 Å². The maximum absolute atomic E-state index is 12.7. The van der Waals surface area contributed by atoms with E-state index >= 15 is 0 Å². The molecular formula is C11H7AlBrF3N2. The van der Waals surface area contributed by atoms with Crippen molar-refractivity contribution in [2.45, 2.75) is 6.18 Å². The zero-order valence-corrected chi connectivity index (χ0v) is 12.9. The van der Waals surface area contributed by atoms with Crippen molar-refractivity contribution < 1.29 is 13.2 Å². The minimum absolute atomic E-state index is 0.108. The molecule has 1 aromatic carbocycles. The van der Waals surface area contributed by atoms with Gasteiger partial charge in [-0.1, -0.05) is 28.1 Å². The molecule has 1 heterocycles. The van der Waals surface area contributed by atoms with Crippen molar-refractivity contribution in [3.8, 4) is 11.4 Å². The van der Waals surface area contributed by atoms with Crippen LogP contribution in [0.4, 0.5) is 13.2 Å². The highest BCUT2D eigenvalue weighted by molar-refractivity contribution is 9.10. The molecule has 7 heteroatoms. The molecule has 0 aliphatic heterocycles. The summed E-state index contributed by atoms with van der Waals surface area (Å²) in [6, 6.07) is 7.89. The number of halogens is 4. The van der Waals surface area contributed by atoms with Crippen LogP contribution < -0.4 is 4.56 Å². The molecule has 2 aromatic rings. The van der Waals surface area contributed by atoms with Gasteiger partial charge in [0.1, 0.15) is 5.69 Å². The van der Waals surface area contributed by atoms with Crippen LogP contribution in [0.1, 0.15) is 5.69 Å². The summed E-state index contributed by atoms with van der Waals surface area (Å²) in [4.78, 5) is 7.67. The van der Waals surface area contributed by atoms with E-state index < -0.39 is 11.9 Å². The monoisotopic (exact) mass is 330 g/mol. The van der Waals surface area contributed by atoms with Gasteiger partial charge >= 0.3 is 6.18 Å². The fraction of sp³-hybridized carbons (Fsp3) is 0.0909. The molecule has 0 saturated carbocycles. The lowest BCUT2D eigenvalue weighted by molar-refractivity contribution is -0.141. The number of hydrogen-bond acceptors (Lipinski definition) is 2. The van der Waals surface area contributed by atoms with Gasteiger partial charge in [-0.3, -0.25) is 4.98 Å². The summed E-state index contributed by atoms with van der Waals surface area (Å²) in [5, 5.41) is 0. The Morgan fingerprint density at radius 2 is 1.83 bits per heavy atom. The Morgan fingerprint density at radius 1 is 1.11 bits per heavy atom. The molecule has 0 amide bonds. The lowest BCUT2D eigenvalue weighted by atomic mass is 10.2. The van der Waals surface area contributed by atoms with Crippen molar-refractivity contribution in [3.63, 3.8) is 0 Å². The third kappa shape index (κ3) is 3.10. The SMILES string of the molecule is FC(F)(F)c1c[c]([AlH2])nc(-c2cccc(Br)c2)n1. The minimum Gasteiger partial charge on any atom is -0.253 e. The minimum atomic E-state index is -4.44. The smallest absolute Gasteiger partial charge is 0.253 e. The van der Waals surface area contributed by atoms with E-state index in [0.717, 1.165) is 10.5 Å². The van der Waals surface area contributed by atoms with Crippen molar-refractivity contribution in [1.82, 2.24) is 9.97 Å². The number of alkyl halides is 3. The fourth-order valence-electron chi connectivity index (χ4n) is 1.47. The molecule has 92 valence electrons. The second kappa shape index (κ2) is 5.00. The van der Waals surface area contributed by atoms with Gasteiger partial charge in [-0.05, 0) is 22.8 Å². The lowest BCUT2D eigenvalue weighted by Gasteiger charge is -2.09. The zero-order valence-electron chi connectivity index (χ0n) is 9.29. The first-order valence-electron chi connectivity index (χ1n) is 5.05. The summed E-state index contributed by atoms with van der Waals surface area (Å²) in [6.07, 6.45) is -4.44. The number of rotatable bonds is 1. The Bertz CT molecular complexity index is 587. The largest absolute Gasteiger partial charge is 0.433 e. The molecule has 0 spiro atoms. The molecule has 2 nitrogen and oxygen atoms in total. The van der Waals surface area contributed by atoms with E-state index in [1.165, 1.54) is 0 Å². The summed E-state index contributed by atoms with van der Waals surface area (Å²) >= 11 is 3.71. The summed E-state index contributed by atoms with van der Waals surface area (Å²) in [7, 11) is 0. The number of aromatic nitrogens is 2. The van der Waals surface area contributed by atoms with Gasteiger partial charge in [0.25, 0.3) is 16.3 Å². The van der Waals surface area contributed by atoms with Gasteiger partial charge < -0.3 is 0 Å². The molecule has 0 aliphatic carbocycles. The van der Waals surface area contributed by atoms with Gasteiger partial charge in [0, 0.05) is 10.0 Å². The highest BCUT2D eigenvalue weighted by Crippen LogP contribution is 2.28. The van der Waals surface area contributed by atoms with Crippen LogP contribution in [0.3, 0.4) is 0 Å². The molecule has 0 radical (unpaired) electrons. The Labute approximate surface area is 118 Å². The van der Waals surface area contributed by atoms with Crippen molar-refractivity contribution in [3.05, 3.63) is 40.5 Å². The molecule has 0 fully saturated rings. The third-order valence-electron chi connectivity index (χ3n) is 2.23. The number of hydrogen-bond donors (Lipinski definition) is 0. The molecule has 0 N–H and O–H groups in total. The van der Waals surface area contributed by atoms with E-state index in [9.17, 15) is 13.2 Å². The highest BCUT2D eigenvalue weighted by Gasteiger charge is 2.33. The Hall–Kier alpha value is -0.898. The molecule has 0 atom stereocenters. The quantitative estimate of drug-likeness (QED) is 0.749. The summed E-state index contributed by atoms with van der Waals surface area (Å²) < 4.78 is 39.2. The van der Waals surface area contributed by atoms with Crippen LogP contribution >= 0.6 is 15.9 Å². The standard InChI is InChI=1S/C11H5BrF3N2.Al.2H/c12-8-3-1-2-7(6-8)10-16-5-4-9(17-10)11(13,14)15;;;/h1-4,6H;;;. The van der Waals surface area contributed by atoms with Gasteiger partial charge in [0.05, 0.1) is 0 Å². The molecule has 2 rings (SSSR count). The van der Waals surface area contributed by atoms with Gasteiger partial charge in [0.15, 0.2) is 5.82 Å². The van der Waals surface area contributed by atoms with Crippen molar-refractivity contribution >= 4 is 36.8 Å².